The van der Waals surface area contributed by atoms with Crippen LogP contribution in [0.5, 0.6) is 0 Å². The lowest BCUT2D eigenvalue weighted by atomic mass is 10.1. The zero-order valence-electron chi connectivity index (χ0n) is 12.4. The monoisotopic (exact) mass is 368 g/mol. The minimum absolute atomic E-state index is 0.125. The average Bonchev–Trinajstić information content (AvgIpc) is 2.46. The molecule has 0 amide bonds. The molecule has 1 saturated heterocycles. The third-order valence-electron chi connectivity index (χ3n) is 3.64. The van der Waals surface area contributed by atoms with E-state index >= 15 is 0 Å². The topological polar surface area (TPSA) is 83.6 Å². The molecule has 1 heterocycles. The summed E-state index contributed by atoms with van der Waals surface area (Å²) < 4.78 is 72.6. The normalized spacial score (nSPS) is 17.7. The fourth-order valence-electron chi connectivity index (χ4n) is 2.51. The van der Waals surface area contributed by atoms with Gasteiger partial charge in [0.1, 0.15) is 0 Å². The number of nitrogens with one attached hydrogen (secondary N) is 1. The first-order valence-electron chi connectivity index (χ1n) is 6.94. The Morgan fingerprint density at radius 3 is 2.04 bits per heavy atom. The van der Waals surface area contributed by atoms with Crippen molar-refractivity contribution in [1.29, 1.82) is 0 Å². The van der Waals surface area contributed by atoms with Crippen LogP contribution in [0.1, 0.15) is 12.8 Å². The van der Waals surface area contributed by atoms with E-state index < -0.39 is 30.5 Å². The average molecular weight is 368 g/mol. The molecule has 1 fully saturated rings. The van der Waals surface area contributed by atoms with Gasteiger partial charge in [0.2, 0.25) is 19.9 Å². The van der Waals surface area contributed by atoms with Crippen LogP contribution >= 0.6 is 0 Å². The number of halogens is 2. The molecule has 1 N–H and O–H groups in total. The van der Waals surface area contributed by atoms with E-state index in [1.807, 2.05) is 4.90 Å². The van der Waals surface area contributed by atoms with Crippen LogP contribution in [0, 0.1) is 0 Å². The van der Waals surface area contributed by atoms with Gasteiger partial charge in [-0.25, -0.2) is 21.6 Å². The van der Waals surface area contributed by atoms with Crippen LogP contribution in [-0.2, 0) is 19.9 Å². The van der Waals surface area contributed by atoms with Gasteiger partial charge in [-0.2, -0.15) is 8.78 Å². The zero-order valence-corrected chi connectivity index (χ0v) is 14.1. The minimum Gasteiger partial charge on any atom is -0.371 e. The first kappa shape index (κ1) is 18.1. The molecule has 0 spiro atoms. The number of sulfonamides is 1. The summed E-state index contributed by atoms with van der Waals surface area (Å²) in [7, 11) is -7.82. The third-order valence-corrected chi connectivity index (χ3v) is 5.80. The summed E-state index contributed by atoms with van der Waals surface area (Å²) in [5.41, 5.74) is 0.719. The third kappa shape index (κ3) is 4.61. The van der Waals surface area contributed by atoms with E-state index in [1.165, 1.54) is 12.1 Å². The lowest BCUT2D eigenvalue weighted by Crippen LogP contribution is -2.44. The number of hydrogen-bond acceptors (Lipinski definition) is 5. The fraction of sp³-hybridized carbons (Fsp3) is 0.538. The van der Waals surface area contributed by atoms with Crippen LogP contribution in [0.15, 0.2) is 29.2 Å². The summed E-state index contributed by atoms with van der Waals surface area (Å²) in [6.07, 6.45) is 2.34. The van der Waals surface area contributed by atoms with Crippen molar-refractivity contribution in [2.75, 3.05) is 24.2 Å². The van der Waals surface area contributed by atoms with Gasteiger partial charge in [0, 0.05) is 24.8 Å². The van der Waals surface area contributed by atoms with E-state index in [0.29, 0.717) is 25.9 Å². The van der Waals surface area contributed by atoms with Crippen molar-refractivity contribution in [2.24, 2.45) is 0 Å². The Hall–Kier alpha value is -1.26. The molecule has 0 unspecified atom stereocenters. The Labute approximate surface area is 134 Å². The van der Waals surface area contributed by atoms with Crippen LogP contribution in [0.2, 0.25) is 0 Å². The molecule has 1 aliphatic rings. The molecule has 130 valence electrons. The molecule has 0 aromatic heterocycles. The molecule has 1 aromatic rings. The van der Waals surface area contributed by atoms with Gasteiger partial charge in [0.25, 0.3) is 0 Å². The predicted octanol–water partition coefficient (Wildman–Crippen LogP) is 1.20. The summed E-state index contributed by atoms with van der Waals surface area (Å²) in [5.74, 6) is -3.44. The maximum atomic E-state index is 12.5. The number of sulfone groups is 1. The van der Waals surface area contributed by atoms with Crippen LogP contribution in [0.25, 0.3) is 0 Å². The van der Waals surface area contributed by atoms with Crippen molar-refractivity contribution in [3.63, 3.8) is 0 Å². The van der Waals surface area contributed by atoms with E-state index in [2.05, 4.69) is 4.72 Å². The second-order valence-electron chi connectivity index (χ2n) is 5.45. The zero-order chi connectivity index (χ0) is 17.3. The largest absolute Gasteiger partial charge is 0.371 e. The van der Waals surface area contributed by atoms with E-state index in [-0.39, 0.29) is 6.04 Å². The molecule has 0 atom stereocenters. The minimum atomic E-state index is -4.58. The van der Waals surface area contributed by atoms with E-state index in [9.17, 15) is 25.6 Å². The lowest BCUT2D eigenvalue weighted by molar-refractivity contribution is 0.234. The van der Waals surface area contributed by atoms with Gasteiger partial charge in [0.15, 0.2) is 0 Å². The van der Waals surface area contributed by atoms with Crippen LogP contribution in [0.4, 0.5) is 14.5 Å². The van der Waals surface area contributed by atoms with Gasteiger partial charge in [-0.1, -0.05) is 0 Å². The molecule has 10 heteroatoms. The highest BCUT2D eigenvalue weighted by Crippen LogP contribution is 2.24. The number of rotatable bonds is 5. The van der Waals surface area contributed by atoms with E-state index in [0.717, 1.165) is 24.1 Å². The van der Waals surface area contributed by atoms with Crippen molar-refractivity contribution in [3.05, 3.63) is 24.3 Å². The number of benzene rings is 1. The Balaban J connectivity index is 2.02. The van der Waals surface area contributed by atoms with Gasteiger partial charge in [-0.15, -0.1) is 0 Å². The molecule has 2 rings (SSSR count). The molecule has 0 aliphatic carbocycles. The summed E-state index contributed by atoms with van der Waals surface area (Å²) in [6.45, 7) is 1.18. The van der Waals surface area contributed by atoms with Gasteiger partial charge in [-0.3, -0.25) is 0 Å². The molecule has 1 aliphatic heterocycles. The van der Waals surface area contributed by atoms with Gasteiger partial charge < -0.3 is 4.90 Å². The van der Waals surface area contributed by atoms with Crippen molar-refractivity contribution in [3.8, 4) is 0 Å². The molecule has 6 nitrogen and oxygen atoms in total. The molecular formula is C13H18F2N2O4S2. The van der Waals surface area contributed by atoms with Crippen molar-refractivity contribution >= 4 is 25.5 Å². The van der Waals surface area contributed by atoms with E-state index in [4.69, 9.17) is 0 Å². The summed E-state index contributed by atoms with van der Waals surface area (Å²) in [4.78, 5) is 1.55. The number of alkyl halides is 2. The quantitative estimate of drug-likeness (QED) is 0.844. The second-order valence-corrected chi connectivity index (χ2v) is 9.15. The number of piperidine rings is 1. The highest BCUT2D eigenvalue weighted by molar-refractivity contribution is 7.91. The number of hydrogen-bond donors (Lipinski definition) is 1. The van der Waals surface area contributed by atoms with Crippen molar-refractivity contribution < 1.29 is 25.6 Å². The van der Waals surface area contributed by atoms with Crippen molar-refractivity contribution in [2.45, 2.75) is 29.5 Å². The maximum Gasteiger partial charge on any atom is 0.341 e. The summed E-state index contributed by atoms with van der Waals surface area (Å²) >= 11 is 0. The first-order valence-corrected chi connectivity index (χ1v) is 10.4. The highest BCUT2D eigenvalue weighted by Gasteiger charge is 2.27. The molecule has 0 saturated carbocycles. The van der Waals surface area contributed by atoms with Gasteiger partial charge in [0.05, 0.1) is 11.2 Å². The first-order chi connectivity index (χ1) is 10.6. The van der Waals surface area contributed by atoms with Crippen LogP contribution in [-0.4, -0.2) is 48.0 Å². The van der Waals surface area contributed by atoms with Gasteiger partial charge >= 0.3 is 5.76 Å². The maximum absolute atomic E-state index is 12.5. The summed E-state index contributed by atoms with van der Waals surface area (Å²) in [5, 5.41) is 0. The molecule has 23 heavy (non-hydrogen) atoms. The number of anilines is 1. The van der Waals surface area contributed by atoms with E-state index in [1.54, 1.807) is 0 Å². The molecule has 0 radical (unpaired) electrons. The van der Waals surface area contributed by atoms with Crippen LogP contribution in [0.3, 0.4) is 0 Å². The molecule has 1 aromatic carbocycles. The second kappa shape index (κ2) is 6.70. The van der Waals surface area contributed by atoms with Crippen LogP contribution < -0.4 is 9.62 Å². The fourth-order valence-corrected chi connectivity index (χ4v) is 4.07. The lowest BCUT2D eigenvalue weighted by Gasteiger charge is -2.33. The summed E-state index contributed by atoms with van der Waals surface area (Å²) in [6, 6.07) is 5.17. The Bertz CT molecular complexity index is 741. The Morgan fingerprint density at radius 2 is 1.61 bits per heavy atom. The Morgan fingerprint density at radius 1 is 1.09 bits per heavy atom. The standard InChI is InChI=1S/C13H18F2N2O4S2/c1-22(18,19)16-10-6-8-17(9-7-10)11-2-4-12(5-3-11)23(20,21)13(14)15/h2-5,10,13,16H,6-9H2,1H3. The SMILES string of the molecule is CS(=O)(=O)NC1CCN(c2ccc(S(=O)(=O)C(F)F)cc2)CC1. The van der Waals surface area contributed by atoms with Gasteiger partial charge in [-0.05, 0) is 37.1 Å². The number of nitrogens with zero attached hydrogens (tertiary/aromatic N) is 1. The molecular weight excluding hydrogens is 350 g/mol. The molecule has 0 bridgehead atoms. The predicted molar refractivity (Wildman–Crippen MR) is 82.8 cm³/mol. The smallest absolute Gasteiger partial charge is 0.341 e. The van der Waals surface area contributed by atoms with Crippen molar-refractivity contribution in [1.82, 2.24) is 4.72 Å². The highest BCUT2D eigenvalue weighted by atomic mass is 32.2. The Kier molecular flexibility index (Phi) is 5.27.